The maximum absolute atomic E-state index is 13.5. The summed E-state index contributed by atoms with van der Waals surface area (Å²) in [6, 6.07) is 12.4. The zero-order valence-corrected chi connectivity index (χ0v) is 19.6. The molecule has 36 heavy (non-hydrogen) atoms. The molecule has 1 saturated heterocycles. The van der Waals surface area contributed by atoms with Crippen molar-refractivity contribution < 1.29 is 24.0 Å². The first-order valence-corrected chi connectivity index (χ1v) is 11.9. The number of nitro benzene ring substituents is 1. The summed E-state index contributed by atoms with van der Waals surface area (Å²) in [6.07, 6.45) is 5.13. The van der Waals surface area contributed by atoms with E-state index in [1.165, 1.54) is 30.2 Å². The Kier molecular flexibility index (Phi) is 6.17. The van der Waals surface area contributed by atoms with Crippen molar-refractivity contribution in [1.82, 2.24) is 10.2 Å². The van der Waals surface area contributed by atoms with Gasteiger partial charge in [-0.3, -0.25) is 24.6 Å². The molecule has 1 aliphatic heterocycles. The number of nitrogens with one attached hydrogen (secondary N) is 2. The van der Waals surface area contributed by atoms with Crippen molar-refractivity contribution in [3.8, 4) is 5.75 Å². The molecule has 0 aromatic heterocycles. The van der Waals surface area contributed by atoms with E-state index in [9.17, 15) is 24.5 Å². The number of likely N-dealkylation sites (tertiary alicyclic amines) is 1. The molecule has 4 aliphatic rings. The molecule has 1 heterocycles. The summed E-state index contributed by atoms with van der Waals surface area (Å²) in [5, 5.41) is 16.5. The van der Waals surface area contributed by atoms with Crippen LogP contribution in [-0.4, -0.2) is 40.9 Å². The van der Waals surface area contributed by atoms with Crippen molar-refractivity contribution in [3.05, 3.63) is 76.4 Å². The number of ether oxygens (including phenoxy) is 1. The van der Waals surface area contributed by atoms with Crippen LogP contribution >= 0.6 is 0 Å². The number of anilines is 1. The number of urea groups is 1. The molecule has 2 aromatic carbocycles. The number of non-ortho nitro benzene ring substituents is 1. The normalized spacial score (nSPS) is 24.9. The number of fused-ring (bicyclic) bond motifs is 1. The van der Waals surface area contributed by atoms with Crippen molar-refractivity contribution in [2.24, 2.45) is 23.7 Å². The van der Waals surface area contributed by atoms with Gasteiger partial charge in [-0.15, -0.1) is 0 Å². The van der Waals surface area contributed by atoms with Crippen molar-refractivity contribution >= 4 is 29.2 Å². The van der Waals surface area contributed by atoms with Gasteiger partial charge in [0.25, 0.3) is 5.69 Å². The summed E-state index contributed by atoms with van der Waals surface area (Å²) in [4.78, 5) is 52.0. The number of hydrogen-bond donors (Lipinski definition) is 2. The van der Waals surface area contributed by atoms with Crippen LogP contribution < -0.4 is 15.4 Å². The average molecular weight is 491 g/mol. The second kappa shape index (κ2) is 9.44. The van der Waals surface area contributed by atoms with Crippen LogP contribution in [0.25, 0.3) is 0 Å². The van der Waals surface area contributed by atoms with Gasteiger partial charge < -0.3 is 15.4 Å². The van der Waals surface area contributed by atoms with Crippen molar-refractivity contribution in [3.63, 3.8) is 0 Å². The van der Waals surface area contributed by atoms with E-state index >= 15 is 0 Å². The summed E-state index contributed by atoms with van der Waals surface area (Å²) >= 11 is 0. The lowest BCUT2D eigenvalue weighted by Gasteiger charge is -2.38. The molecule has 2 aromatic rings. The number of nitro groups is 1. The molecule has 5 atom stereocenters. The standard InChI is InChI=1S/C26H26N4O6/c1-36-20-12-11-18(30(34)35)14-19(20)27-26(33)28-21(13-15-5-3-2-4-6-15)29-24(31)22-16-7-8-17(10-9-16)23(22)25(29)32/h2-8,11-12,14,16-17,21-23H,9-10,13H2,1H3,(H2,27,28,33)/t16-,17-,21-,22+,23+/m0/s1. The van der Waals surface area contributed by atoms with Gasteiger partial charge in [-0.05, 0) is 36.3 Å². The highest BCUT2D eigenvalue weighted by molar-refractivity contribution is 6.06. The van der Waals surface area contributed by atoms with Gasteiger partial charge in [-0.25, -0.2) is 4.79 Å². The number of methoxy groups -OCH3 is 1. The van der Waals surface area contributed by atoms with E-state index in [2.05, 4.69) is 10.6 Å². The number of carbonyl (C=O) groups excluding carboxylic acids is 3. The smallest absolute Gasteiger partial charge is 0.320 e. The summed E-state index contributed by atoms with van der Waals surface area (Å²) in [5.41, 5.74) is 0.717. The predicted octanol–water partition coefficient (Wildman–Crippen LogP) is 3.49. The lowest BCUT2D eigenvalue weighted by Crippen LogP contribution is -2.53. The minimum atomic E-state index is -0.929. The number of carbonyl (C=O) groups is 3. The second-order valence-electron chi connectivity index (χ2n) is 9.33. The van der Waals surface area contributed by atoms with Crippen LogP contribution in [-0.2, 0) is 16.0 Å². The Hall–Kier alpha value is -4.21. The molecule has 0 radical (unpaired) electrons. The summed E-state index contributed by atoms with van der Waals surface area (Å²) < 4.78 is 5.22. The van der Waals surface area contributed by atoms with E-state index in [1.54, 1.807) is 0 Å². The molecule has 3 aliphatic carbocycles. The van der Waals surface area contributed by atoms with Gasteiger partial charge in [-0.1, -0.05) is 42.5 Å². The Labute approximate surface area is 207 Å². The zero-order chi connectivity index (χ0) is 25.4. The highest BCUT2D eigenvalue weighted by atomic mass is 16.6. The van der Waals surface area contributed by atoms with Crippen LogP contribution in [0.1, 0.15) is 18.4 Å². The lowest BCUT2D eigenvalue weighted by atomic mass is 9.63. The fraction of sp³-hybridized carbons (Fsp3) is 0.346. The van der Waals surface area contributed by atoms with Crippen LogP contribution in [0, 0.1) is 33.8 Å². The Bertz CT molecular complexity index is 1210. The van der Waals surface area contributed by atoms with Crippen LogP contribution in [0.4, 0.5) is 16.2 Å². The monoisotopic (exact) mass is 490 g/mol. The number of imide groups is 1. The number of allylic oxidation sites excluding steroid dienone is 2. The van der Waals surface area contributed by atoms with Gasteiger partial charge in [0.2, 0.25) is 11.8 Å². The third-order valence-corrected chi connectivity index (χ3v) is 7.32. The Balaban J connectivity index is 1.41. The molecule has 0 spiro atoms. The molecule has 6 rings (SSSR count). The van der Waals surface area contributed by atoms with E-state index < -0.39 is 29.0 Å². The molecule has 2 N–H and O–H groups in total. The molecule has 0 unspecified atom stereocenters. The van der Waals surface area contributed by atoms with Crippen LogP contribution in [0.5, 0.6) is 5.75 Å². The zero-order valence-electron chi connectivity index (χ0n) is 19.6. The topological polar surface area (TPSA) is 131 Å². The molecule has 1 saturated carbocycles. The Morgan fingerprint density at radius 2 is 1.72 bits per heavy atom. The first kappa shape index (κ1) is 23.5. The summed E-state index contributed by atoms with van der Waals surface area (Å²) in [7, 11) is 1.38. The molecule has 4 amide bonds. The van der Waals surface area contributed by atoms with Gasteiger partial charge in [0.1, 0.15) is 11.9 Å². The molecular formula is C26H26N4O6. The summed E-state index contributed by atoms with van der Waals surface area (Å²) in [5.74, 6) is -1.04. The minimum Gasteiger partial charge on any atom is -0.495 e. The van der Waals surface area contributed by atoms with E-state index in [0.29, 0.717) is 0 Å². The van der Waals surface area contributed by atoms with E-state index in [-0.39, 0.29) is 47.2 Å². The lowest BCUT2D eigenvalue weighted by molar-refractivity contribution is -0.384. The van der Waals surface area contributed by atoms with Gasteiger partial charge in [-0.2, -0.15) is 0 Å². The fourth-order valence-corrected chi connectivity index (χ4v) is 5.67. The quantitative estimate of drug-likeness (QED) is 0.264. The number of rotatable bonds is 7. The van der Waals surface area contributed by atoms with Gasteiger partial charge >= 0.3 is 6.03 Å². The van der Waals surface area contributed by atoms with Crippen LogP contribution in [0.3, 0.4) is 0 Å². The Morgan fingerprint density at radius 3 is 2.28 bits per heavy atom. The van der Waals surface area contributed by atoms with Gasteiger partial charge in [0, 0.05) is 18.6 Å². The summed E-state index contributed by atoms with van der Waals surface area (Å²) in [6.45, 7) is 0. The van der Waals surface area contributed by atoms with E-state index in [0.717, 1.165) is 18.4 Å². The molecular weight excluding hydrogens is 464 g/mol. The average Bonchev–Trinajstić information content (AvgIpc) is 3.17. The molecule has 2 bridgehead atoms. The third kappa shape index (κ3) is 4.19. The fourth-order valence-electron chi connectivity index (χ4n) is 5.67. The van der Waals surface area contributed by atoms with Crippen LogP contribution in [0.15, 0.2) is 60.7 Å². The van der Waals surface area contributed by atoms with Crippen molar-refractivity contribution in [2.45, 2.75) is 25.4 Å². The van der Waals surface area contributed by atoms with E-state index in [1.807, 2.05) is 42.5 Å². The molecule has 10 nitrogen and oxygen atoms in total. The SMILES string of the molecule is COc1ccc([N+](=O)[O-])cc1NC(=O)N[C@H](Cc1ccccc1)N1C(=O)[C@H]2[C@H](C1=O)[C@H]1C=C[C@H]2CC1. The first-order valence-electron chi connectivity index (χ1n) is 11.9. The minimum absolute atomic E-state index is 0.0294. The number of benzene rings is 2. The van der Waals surface area contributed by atoms with Gasteiger partial charge in [0.15, 0.2) is 0 Å². The third-order valence-electron chi connectivity index (χ3n) is 7.32. The maximum Gasteiger partial charge on any atom is 0.320 e. The van der Waals surface area contributed by atoms with Crippen molar-refractivity contribution in [2.75, 3.05) is 12.4 Å². The predicted molar refractivity (Wildman–Crippen MR) is 130 cm³/mol. The van der Waals surface area contributed by atoms with E-state index in [4.69, 9.17) is 4.74 Å². The molecule has 10 heteroatoms. The van der Waals surface area contributed by atoms with Crippen molar-refractivity contribution in [1.29, 1.82) is 0 Å². The largest absolute Gasteiger partial charge is 0.495 e. The maximum atomic E-state index is 13.5. The Morgan fingerprint density at radius 1 is 1.08 bits per heavy atom. The number of amides is 4. The number of nitrogens with zero attached hydrogens (tertiary/aromatic N) is 2. The highest BCUT2D eigenvalue weighted by Gasteiger charge is 2.58. The van der Waals surface area contributed by atoms with Gasteiger partial charge in [0.05, 0.1) is 29.6 Å². The second-order valence-corrected chi connectivity index (χ2v) is 9.33. The molecule has 2 fully saturated rings. The molecule has 186 valence electrons. The highest BCUT2D eigenvalue weighted by Crippen LogP contribution is 2.50. The first-order chi connectivity index (χ1) is 17.4. The van der Waals surface area contributed by atoms with Crippen LogP contribution in [0.2, 0.25) is 0 Å². The number of hydrogen-bond acceptors (Lipinski definition) is 6.